The number of hydrogen-bond acceptors (Lipinski definition) is 5. The van der Waals surface area contributed by atoms with E-state index in [2.05, 4.69) is 55.6 Å². The van der Waals surface area contributed by atoms with Crippen LogP contribution in [-0.2, 0) is 14.3 Å². The molecule has 0 bridgehead atoms. The van der Waals surface area contributed by atoms with Gasteiger partial charge in [-0.2, -0.15) is 0 Å². The highest BCUT2D eigenvalue weighted by molar-refractivity contribution is 5.76. The molecule has 2 unspecified atom stereocenters. The summed E-state index contributed by atoms with van der Waals surface area (Å²) in [6.45, 7) is 4.94. The Balaban J connectivity index is 3.43. The third-order valence-electron chi connectivity index (χ3n) is 16.2. The zero-order chi connectivity index (χ0) is 55.7. The standard InChI is InChI=1S/C71H135NO5/c1-3-5-7-9-11-13-15-17-19-21-22-23-24-25-26-28-32-35-39-43-47-51-55-59-63-69(74)68(67-73)72-70(75)64-60-56-52-48-44-40-36-33-29-27-30-34-38-42-46-50-54-58-62-66-77-71(76)65-61-57-53-49-45-41-37-31-20-18-16-14-12-10-8-6-4-2/h12,14,18,20,27,29,68-69,73-74H,3-11,13,15-17,19,21-26,28,30-67H2,1-2H3,(H,72,75)/b14-12-,20-18-,29-27-. The van der Waals surface area contributed by atoms with Gasteiger partial charge in [0.2, 0.25) is 5.91 Å². The molecular formula is C71H135NO5. The minimum absolute atomic E-state index is 0.00302. The molecule has 0 heterocycles. The van der Waals surface area contributed by atoms with E-state index >= 15 is 0 Å². The Morgan fingerprint density at radius 1 is 0.364 bits per heavy atom. The van der Waals surface area contributed by atoms with Crippen molar-refractivity contribution in [3.05, 3.63) is 36.5 Å². The average Bonchev–Trinajstić information content (AvgIpc) is 3.43. The molecule has 0 rings (SSSR count). The molecule has 0 aromatic rings. The molecule has 1 amide bonds. The first-order chi connectivity index (χ1) is 38.0. The number of aliphatic hydroxyl groups is 2. The summed E-state index contributed by atoms with van der Waals surface area (Å²) in [7, 11) is 0. The van der Waals surface area contributed by atoms with E-state index in [0.717, 1.165) is 51.4 Å². The number of aliphatic hydroxyl groups excluding tert-OH is 2. The van der Waals surface area contributed by atoms with Crippen LogP contribution >= 0.6 is 0 Å². The molecule has 0 spiro atoms. The summed E-state index contributed by atoms with van der Waals surface area (Å²) in [5, 5.41) is 23.4. The summed E-state index contributed by atoms with van der Waals surface area (Å²) in [6, 6.07) is -0.551. The smallest absolute Gasteiger partial charge is 0.305 e. The molecule has 0 saturated heterocycles. The zero-order valence-corrected chi connectivity index (χ0v) is 52.0. The highest BCUT2D eigenvalue weighted by Gasteiger charge is 2.20. The van der Waals surface area contributed by atoms with Crippen LogP contribution in [0.15, 0.2) is 36.5 Å². The molecule has 6 heteroatoms. The van der Waals surface area contributed by atoms with Crippen molar-refractivity contribution in [2.45, 2.75) is 392 Å². The van der Waals surface area contributed by atoms with Gasteiger partial charge in [-0.05, 0) is 83.5 Å². The Morgan fingerprint density at radius 2 is 0.649 bits per heavy atom. The fourth-order valence-corrected chi connectivity index (χ4v) is 10.8. The number of esters is 1. The summed E-state index contributed by atoms with van der Waals surface area (Å²) < 4.78 is 5.49. The first-order valence-electron chi connectivity index (χ1n) is 34.7. The number of ether oxygens (including phenoxy) is 1. The predicted octanol–water partition coefficient (Wildman–Crippen LogP) is 22.3. The van der Waals surface area contributed by atoms with E-state index < -0.39 is 12.1 Å². The minimum Gasteiger partial charge on any atom is -0.466 e. The third-order valence-corrected chi connectivity index (χ3v) is 16.2. The van der Waals surface area contributed by atoms with Gasteiger partial charge in [0.05, 0.1) is 25.4 Å². The number of nitrogens with one attached hydrogen (secondary N) is 1. The second kappa shape index (κ2) is 66.6. The predicted molar refractivity (Wildman–Crippen MR) is 338 cm³/mol. The molecule has 0 aliphatic rings. The number of hydrogen-bond donors (Lipinski definition) is 3. The van der Waals surface area contributed by atoms with Gasteiger partial charge in [-0.15, -0.1) is 0 Å². The average molecular weight is 1080 g/mol. The van der Waals surface area contributed by atoms with Crippen LogP contribution in [0.5, 0.6) is 0 Å². The van der Waals surface area contributed by atoms with E-state index in [9.17, 15) is 19.8 Å². The molecule has 0 saturated carbocycles. The largest absolute Gasteiger partial charge is 0.466 e. The van der Waals surface area contributed by atoms with Crippen LogP contribution in [0.3, 0.4) is 0 Å². The lowest BCUT2D eigenvalue weighted by Gasteiger charge is -2.22. The molecule has 0 aromatic carbocycles. The zero-order valence-electron chi connectivity index (χ0n) is 52.0. The maximum atomic E-state index is 12.5. The van der Waals surface area contributed by atoms with Crippen molar-refractivity contribution in [3.8, 4) is 0 Å². The van der Waals surface area contributed by atoms with E-state index in [1.807, 2.05) is 0 Å². The van der Waals surface area contributed by atoms with Crippen LogP contribution in [0.25, 0.3) is 0 Å². The van der Waals surface area contributed by atoms with E-state index in [0.29, 0.717) is 25.9 Å². The van der Waals surface area contributed by atoms with Gasteiger partial charge in [-0.1, -0.05) is 320 Å². The number of unbranched alkanes of at least 4 members (excludes halogenated alkanes) is 48. The molecule has 0 fully saturated rings. The topological polar surface area (TPSA) is 95.9 Å². The van der Waals surface area contributed by atoms with E-state index in [-0.39, 0.29) is 18.5 Å². The monoisotopic (exact) mass is 1080 g/mol. The van der Waals surface area contributed by atoms with Gasteiger partial charge >= 0.3 is 5.97 Å². The SMILES string of the molecule is CCCCC/C=C\C/C=C\CCCCCCCCCC(=O)OCCCCCCCCCC/C=C\CCCCCCCCCC(=O)NC(CO)C(O)CCCCCCCCCCCCCCCCCCCCCCCCCC. The quantitative estimate of drug-likeness (QED) is 0.0320. The third kappa shape index (κ3) is 63.1. The van der Waals surface area contributed by atoms with Crippen molar-refractivity contribution in [1.82, 2.24) is 5.32 Å². The fourth-order valence-electron chi connectivity index (χ4n) is 10.8. The lowest BCUT2D eigenvalue weighted by Crippen LogP contribution is -2.45. The van der Waals surface area contributed by atoms with Gasteiger partial charge in [0.15, 0.2) is 0 Å². The molecule has 454 valence electrons. The van der Waals surface area contributed by atoms with Gasteiger partial charge < -0.3 is 20.3 Å². The first kappa shape index (κ1) is 75.1. The van der Waals surface area contributed by atoms with E-state index in [1.54, 1.807) is 0 Å². The Kier molecular flexibility index (Phi) is 64.9. The van der Waals surface area contributed by atoms with E-state index in [1.165, 1.54) is 295 Å². The number of amides is 1. The number of allylic oxidation sites excluding steroid dienone is 6. The molecule has 0 aromatic heterocycles. The first-order valence-corrected chi connectivity index (χ1v) is 34.7. The number of carbonyl (C=O) groups is 2. The van der Waals surface area contributed by atoms with Crippen LogP contribution in [0.1, 0.15) is 380 Å². The molecule has 0 radical (unpaired) electrons. The lowest BCUT2D eigenvalue weighted by molar-refractivity contribution is -0.143. The second-order valence-corrected chi connectivity index (χ2v) is 23.9. The minimum atomic E-state index is -0.673. The molecule has 6 nitrogen and oxygen atoms in total. The van der Waals surface area contributed by atoms with Gasteiger partial charge in [-0.25, -0.2) is 0 Å². The Bertz CT molecular complexity index is 1250. The molecule has 77 heavy (non-hydrogen) atoms. The van der Waals surface area contributed by atoms with Gasteiger partial charge in [0.1, 0.15) is 0 Å². The normalized spacial score (nSPS) is 12.7. The van der Waals surface area contributed by atoms with Crippen molar-refractivity contribution in [3.63, 3.8) is 0 Å². The Morgan fingerprint density at radius 3 is 1.03 bits per heavy atom. The summed E-state index contributed by atoms with van der Waals surface area (Å²) in [6.07, 6.45) is 84.6. The van der Waals surface area contributed by atoms with Gasteiger partial charge in [-0.3, -0.25) is 9.59 Å². The van der Waals surface area contributed by atoms with Crippen molar-refractivity contribution < 1.29 is 24.5 Å². The van der Waals surface area contributed by atoms with Crippen molar-refractivity contribution >= 4 is 11.9 Å². The number of carbonyl (C=O) groups excluding carboxylic acids is 2. The highest BCUT2D eigenvalue weighted by atomic mass is 16.5. The molecule has 2 atom stereocenters. The molecular weight excluding hydrogens is 947 g/mol. The van der Waals surface area contributed by atoms with Crippen LogP contribution in [0, 0.1) is 0 Å². The van der Waals surface area contributed by atoms with Crippen LogP contribution in [-0.4, -0.2) is 47.4 Å². The van der Waals surface area contributed by atoms with Crippen LogP contribution in [0.2, 0.25) is 0 Å². The van der Waals surface area contributed by atoms with Crippen molar-refractivity contribution in [1.29, 1.82) is 0 Å². The summed E-state index contributed by atoms with van der Waals surface area (Å²) in [5.41, 5.74) is 0. The van der Waals surface area contributed by atoms with E-state index in [4.69, 9.17) is 4.74 Å². The van der Waals surface area contributed by atoms with Crippen molar-refractivity contribution in [2.24, 2.45) is 0 Å². The fraction of sp³-hybridized carbons (Fsp3) is 0.887. The maximum Gasteiger partial charge on any atom is 0.305 e. The Hall–Kier alpha value is -1.92. The molecule has 0 aliphatic carbocycles. The molecule has 3 N–H and O–H groups in total. The second-order valence-electron chi connectivity index (χ2n) is 23.9. The van der Waals surface area contributed by atoms with Gasteiger partial charge in [0.25, 0.3) is 0 Å². The summed E-state index contributed by atoms with van der Waals surface area (Å²) >= 11 is 0. The highest BCUT2D eigenvalue weighted by Crippen LogP contribution is 2.18. The Labute approximate surface area is 481 Å². The molecule has 0 aliphatic heterocycles. The van der Waals surface area contributed by atoms with Gasteiger partial charge in [0, 0.05) is 12.8 Å². The number of rotatable bonds is 65. The lowest BCUT2D eigenvalue weighted by atomic mass is 10.0. The summed E-state index contributed by atoms with van der Waals surface area (Å²) in [4.78, 5) is 24.6. The van der Waals surface area contributed by atoms with Crippen molar-refractivity contribution in [2.75, 3.05) is 13.2 Å². The van der Waals surface area contributed by atoms with Crippen LogP contribution < -0.4 is 5.32 Å². The van der Waals surface area contributed by atoms with Crippen LogP contribution in [0.4, 0.5) is 0 Å². The maximum absolute atomic E-state index is 12.5. The summed E-state index contributed by atoms with van der Waals surface area (Å²) in [5.74, 6) is -0.0439.